The van der Waals surface area contributed by atoms with E-state index in [2.05, 4.69) is 19.8 Å². The SMILES string of the molecule is Cc1nc(N2CCC(CN3CCCC3)CC2)ncc1CO. The van der Waals surface area contributed by atoms with Crippen molar-refractivity contribution in [3.05, 3.63) is 17.5 Å². The molecule has 3 heterocycles. The van der Waals surface area contributed by atoms with Crippen molar-refractivity contribution in [1.29, 1.82) is 0 Å². The monoisotopic (exact) mass is 290 g/mol. The Morgan fingerprint density at radius 3 is 2.52 bits per heavy atom. The van der Waals surface area contributed by atoms with E-state index in [0.717, 1.165) is 36.2 Å². The fourth-order valence-corrected chi connectivity index (χ4v) is 3.43. The van der Waals surface area contributed by atoms with E-state index < -0.39 is 0 Å². The van der Waals surface area contributed by atoms with Gasteiger partial charge in [-0.05, 0) is 51.6 Å². The third kappa shape index (κ3) is 3.52. The Morgan fingerprint density at radius 2 is 1.90 bits per heavy atom. The molecule has 2 fully saturated rings. The van der Waals surface area contributed by atoms with E-state index in [4.69, 9.17) is 0 Å². The van der Waals surface area contributed by atoms with Crippen molar-refractivity contribution < 1.29 is 5.11 Å². The van der Waals surface area contributed by atoms with Crippen LogP contribution < -0.4 is 4.90 Å². The third-order valence-electron chi connectivity index (χ3n) is 4.85. The Hall–Kier alpha value is -1.20. The van der Waals surface area contributed by atoms with Gasteiger partial charge < -0.3 is 14.9 Å². The molecule has 2 aliphatic heterocycles. The number of piperidine rings is 1. The molecular weight excluding hydrogens is 264 g/mol. The summed E-state index contributed by atoms with van der Waals surface area (Å²) in [6.45, 7) is 7.93. The molecule has 2 saturated heterocycles. The lowest BCUT2D eigenvalue weighted by Crippen LogP contribution is -2.39. The van der Waals surface area contributed by atoms with Gasteiger partial charge in [-0.15, -0.1) is 0 Å². The van der Waals surface area contributed by atoms with Crippen LogP contribution in [0.15, 0.2) is 6.20 Å². The van der Waals surface area contributed by atoms with Gasteiger partial charge in [-0.2, -0.15) is 0 Å². The van der Waals surface area contributed by atoms with Crippen LogP contribution in [0.5, 0.6) is 0 Å². The first kappa shape index (κ1) is 14.7. The maximum atomic E-state index is 9.19. The number of rotatable bonds is 4. The molecular formula is C16H26N4O. The van der Waals surface area contributed by atoms with Crippen molar-refractivity contribution in [2.24, 2.45) is 5.92 Å². The smallest absolute Gasteiger partial charge is 0.225 e. The summed E-state index contributed by atoms with van der Waals surface area (Å²) in [5.74, 6) is 1.65. The minimum atomic E-state index is 0.0179. The molecule has 3 rings (SSSR count). The van der Waals surface area contributed by atoms with Crippen LogP contribution in [0.2, 0.25) is 0 Å². The zero-order valence-corrected chi connectivity index (χ0v) is 13.0. The van der Waals surface area contributed by atoms with Crippen LogP contribution in [0.1, 0.15) is 36.9 Å². The first-order valence-corrected chi connectivity index (χ1v) is 8.17. The highest BCUT2D eigenvalue weighted by Gasteiger charge is 2.24. The molecule has 1 aromatic rings. The number of aryl methyl sites for hydroxylation is 1. The molecule has 0 bridgehead atoms. The van der Waals surface area contributed by atoms with E-state index in [0.29, 0.717) is 0 Å². The Kier molecular flexibility index (Phi) is 4.70. The Morgan fingerprint density at radius 1 is 1.19 bits per heavy atom. The predicted molar refractivity (Wildman–Crippen MR) is 83.3 cm³/mol. The van der Waals surface area contributed by atoms with Gasteiger partial charge in [-0.1, -0.05) is 0 Å². The first-order chi connectivity index (χ1) is 10.3. The lowest BCUT2D eigenvalue weighted by Gasteiger charge is -2.34. The van der Waals surface area contributed by atoms with Gasteiger partial charge in [0.25, 0.3) is 0 Å². The average Bonchev–Trinajstić information content (AvgIpc) is 3.01. The summed E-state index contributed by atoms with van der Waals surface area (Å²) in [5.41, 5.74) is 1.71. The van der Waals surface area contributed by atoms with Crippen LogP contribution in [0.25, 0.3) is 0 Å². The highest BCUT2D eigenvalue weighted by molar-refractivity contribution is 5.33. The minimum absolute atomic E-state index is 0.0179. The average molecular weight is 290 g/mol. The van der Waals surface area contributed by atoms with Crippen molar-refractivity contribution in [1.82, 2.24) is 14.9 Å². The molecule has 0 amide bonds. The van der Waals surface area contributed by atoms with E-state index >= 15 is 0 Å². The molecule has 1 aromatic heterocycles. The second-order valence-corrected chi connectivity index (χ2v) is 6.38. The topological polar surface area (TPSA) is 52.5 Å². The summed E-state index contributed by atoms with van der Waals surface area (Å²) in [5, 5.41) is 9.19. The summed E-state index contributed by atoms with van der Waals surface area (Å²) < 4.78 is 0. The third-order valence-corrected chi connectivity index (χ3v) is 4.85. The lowest BCUT2D eigenvalue weighted by molar-refractivity contribution is 0.249. The van der Waals surface area contributed by atoms with Crippen LogP contribution in [-0.4, -0.2) is 52.7 Å². The van der Waals surface area contributed by atoms with E-state index in [9.17, 15) is 5.11 Å². The van der Waals surface area contributed by atoms with Crippen LogP contribution in [0.3, 0.4) is 0 Å². The quantitative estimate of drug-likeness (QED) is 0.912. The van der Waals surface area contributed by atoms with Crippen molar-refractivity contribution >= 4 is 5.95 Å². The number of hydrogen-bond acceptors (Lipinski definition) is 5. The molecule has 0 unspecified atom stereocenters. The van der Waals surface area contributed by atoms with Gasteiger partial charge in [0.05, 0.1) is 6.61 Å². The Balaban J connectivity index is 1.54. The summed E-state index contributed by atoms with van der Waals surface area (Å²) in [6, 6.07) is 0. The first-order valence-electron chi connectivity index (χ1n) is 8.17. The number of anilines is 1. The maximum absolute atomic E-state index is 9.19. The normalized spacial score (nSPS) is 21.1. The van der Waals surface area contributed by atoms with Crippen molar-refractivity contribution in [2.45, 2.75) is 39.2 Å². The van der Waals surface area contributed by atoms with Crippen LogP contribution in [0.4, 0.5) is 5.95 Å². The molecule has 0 aromatic carbocycles. The Bertz CT molecular complexity index is 465. The molecule has 1 N–H and O–H groups in total. The van der Waals surface area contributed by atoms with E-state index in [1.807, 2.05) is 6.92 Å². The molecule has 0 spiro atoms. The zero-order valence-electron chi connectivity index (χ0n) is 13.0. The van der Waals surface area contributed by atoms with Crippen LogP contribution in [0, 0.1) is 12.8 Å². The largest absolute Gasteiger partial charge is 0.392 e. The van der Waals surface area contributed by atoms with Gasteiger partial charge in [-0.25, -0.2) is 9.97 Å². The predicted octanol–water partition coefficient (Wildman–Crippen LogP) is 1.59. The Labute approximate surface area is 127 Å². The standard InChI is InChI=1S/C16H26N4O/c1-13-15(12-21)10-17-16(18-13)20-8-4-14(5-9-20)11-19-6-2-3-7-19/h10,14,21H,2-9,11-12H2,1H3. The fourth-order valence-electron chi connectivity index (χ4n) is 3.43. The van der Waals surface area contributed by atoms with Crippen molar-refractivity contribution in [2.75, 3.05) is 37.6 Å². The van der Waals surface area contributed by atoms with Crippen LogP contribution >= 0.6 is 0 Å². The van der Waals surface area contributed by atoms with Gasteiger partial charge in [0.1, 0.15) is 0 Å². The molecule has 5 nitrogen and oxygen atoms in total. The summed E-state index contributed by atoms with van der Waals surface area (Å²) in [7, 11) is 0. The van der Waals surface area contributed by atoms with E-state index in [1.165, 1.54) is 45.3 Å². The van der Waals surface area contributed by atoms with Gasteiger partial charge in [-0.3, -0.25) is 0 Å². The molecule has 0 saturated carbocycles. The minimum Gasteiger partial charge on any atom is -0.392 e. The molecule has 5 heteroatoms. The maximum Gasteiger partial charge on any atom is 0.225 e. The van der Waals surface area contributed by atoms with Gasteiger partial charge >= 0.3 is 0 Å². The fraction of sp³-hybridized carbons (Fsp3) is 0.750. The number of nitrogens with zero attached hydrogens (tertiary/aromatic N) is 4. The van der Waals surface area contributed by atoms with E-state index in [-0.39, 0.29) is 6.61 Å². The van der Waals surface area contributed by atoms with Crippen molar-refractivity contribution in [3.63, 3.8) is 0 Å². The second kappa shape index (κ2) is 6.71. The van der Waals surface area contributed by atoms with Gasteiger partial charge in [0, 0.05) is 37.1 Å². The molecule has 2 aliphatic rings. The number of likely N-dealkylation sites (tertiary alicyclic amines) is 1. The summed E-state index contributed by atoms with van der Waals surface area (Å²) >= 11 is 0. The van der Waals surface area contributed by atoms with Crippen molar-refractivity contribution in [3.8, 4) is 0 Å². The number of aliphatic hydroxyl groups excluding tert-OH is 1. The molecule has 21 heavy (non-hydrogen) atoms. The highest BCUT2D eigenvalue weighted by atomic mass is 16.3. The molecule has 0 radical (unpaired) electrons. The number of aliphatic hydroxyl groups is 1. The second-order valence-electron chi connectivity index (χ2n) is 6.38. The highest BCUT2D eigenvalue weighted by Crippen LogP contribution is 2.23. The zero-order chi connectivity index (χ0) is 14.7. The summed E-state index contributed by atoms with van der Waals surface area (Å²) in [4.78, 5) is 13.9. The molecule has 0 atom stereocenters. The number of hydrogen-bond donors (Lipinski definition) is 1. The number of aromatic nitrogens is 2. The van der Waals surface area contributed by atoms with Gasteiger partial charge in [0.15, 0.2) is 0 Å². The molecule has 0 aliphatic carbocycles. The van der Waals surface area contributed by atoms with Crippen LogP contribution in [-0.2, 0) is 6.61 Å². The van der Waals surface area contributed by atoms with E-state index in [1.54, 1.807) is 6.20 Å². The van der Waals surface area contributed by atoms with Gasteiger partial charge in [0.2, 0.25) is 5.95 Å². The molecule has 116 valence electrons. The summed E-state index contributed by atoms with van der Waals surface area (Å²) in [6.07, 6.45) is 6.99. The lowest BCUT2D eigenvalue weighted by atomic mass is 9.96.